The van der Waals surface area contributed by atoms with Gasteiger partial charge in [0.2, 0.25) is 0 Å². The Morgan fingerprint density at radius 2 is 2.06 bits per heavy atom. The summed E-state index contributed by atoms with van der Waals surface area (Å²) in [5, 5.41) is 10.9. The molecule has 0 radical (unpaired) electrons. The SMILES string of the molecule is CCC(CC)CNc1ccc(C(=O)OC)nn1. The van der Waals surface area contributed by atoms with Crippen LogP contribution in [0, 0.1) is 5.92 Å². The molecule has 0 saturated carbocycles. The summed E-state index contributed by atoms with van der Waals surface area (Å²) in [7, 11) is 1.32. The van der Waals surface area contributed by atoms with Crippen molar-refractivity contribution < 1.29 is 9.53 Å². The number of anilines is 1. The van der Waals surface area contributed by atoms with E-state index in [1.807, 2.05) is 0 Å². The topological polar surface area (TPSA) is 64.1 Å². The van der Waals surface area contributed by atoms with Gasteiger partial charge in [0.25, 0.3) is 0 Å². The van der Waals surface area contributed by atoms with Crippen LogP contribution in [0.3, 0.4) is 0 Å². The van der Waals surface area contributed by atoms with Gasteiger partial charge in [-0.05, 0) is 18.1 Å². The molecule has 1 rings (SSSR count). The van der Waals surface area contributed by atoms with Crippen molar-refractivity contribution in [1.82, 2.24) is 10.2 Å². The van der Waals surface area contributed by atoms with Crippen LogP contribution < -0.4 is 5.32 Å². The first-order valence-electron chi connectivity index (χ1n) is 5.87. The quantitative estimate of drug-likeness (QED) is 0.768. The van der Waals surface area contributed by atoms with Gasteiger partial charge in [-0.15, -0.1) is 10.2 Å². The van der Waals surface area contributed by atoms with E-state index in [4.69, 9.17) is 0 Å². The molecule has 0 aromatic carbocycles. The van der Waals surface area contributed by atoms with Crippen molar-refractivity contribution in [3.63, 3.8) is 0 Å². The minimum atomic E-state index is -0.468. The molecule has 0 spiro atoms. The van der Waals surface area contributed by atoms with Crippen LogP contribution in [-0.2, 0) is 4.74 Å². The predicted octanol–water partition coefficient (Wildman–Crippen LogP) is 2.11. The molecule has 0 atom stereocenters. The molecule has 0 bridgehead atoms. The van der Waals surface area contributed by atoms with Crippen molar-refractivity contribution in [2.24, 2.45) is 5.92 Å². The molecule has 0 aliphatic carbocycles. The second-order valence-corrected chi connectivity index (χ2v) is 3.86. The largest absolute Gasteiger partial charge is 0.464 e. The molecule has 0 amide bonds. The minimum absolute atomic E-state index is 0.223. The number of hydrogen-bond acceptors (Lipinski definition) is 5. The van der Waals surface area contributed by atoms with Gasteiger partial charge in [0.15, 0.2) is 5.69 Å². The number of nitrogens with zero attached hydrogens (tertiary/aromatic N) is 2. The second kappa shape index (κ2) is 6.83. The number of esters is 1. The Kier molecular flexibility index (Phi) is 5.39. The highest BCUT2D eigenvalue weighted by Gasteiger charge is 2.08. The van der Waals surface area contributed by atoms with Crippen LogP contribution >= 0.6 is 0 Å². The molecule has 17 heavy (non-hydrogen) atoms. The van der Waals surface area contributed by atoms with Crippen LogP contribution in [0.4, 0.5) is 5.82 Å². The zero-order valence-corrected chi connectivity index (χ0v) is 10.6. The van der Waals surface area contributed by atoms with Gasteiger partial charge in [-0.2, -0.15) is 0 Å². The Labute approximate surface area is 102 Å². The lowest BCUT2D eigenvalue weighted by Crippen LogP contribution is -2.14. The van der Waals surface area contributed by atoms with Crippen molar-refractivity contribution in [2.45, 2.75) is 26.7 Å². The number of rotatable bonds is 6. The Morgan fingerprint density at radius 1 is 1.35 bits per heavy atom. The number of aromatic nitrogens is 2. The molecule has 1 aromatic rings. The van der Waals surface area contributed by atoms with E-state index >= 15 is 0 Å². The van der Waals surface area contributed by atoms with Gasteiger partial charge in [0, 0.05) is 6.54 Å². The van der Waals surface area contributed by atoms with Crippen LogP contribution in [0.1, 0.15) is 37.2 Å². The Hall–Kier alpha value is -1.65. The van der Waals surface area contributed by atoms with Gasteiger partial charge in [0.05, 0.1) is 7.11 Å². The smallest absolute Gasteiger partial charge is 0.358 e. The van der Waals surface area contributed by atoms with E-state index in [9.17, 15) is 4.79 Å². The monoisotopic (exact) mass is 237 g/mol. The van der Waals surface area contributed by atoms with E-state index in [1.54, 1.807) is 12.1 Å². The Balaban J connectivity index is 2.53. The molecule has 94 valence electrons. The average Bonchev–Trinajstić information content (AvgIpc) is 2.39. The molecular formula is C12H19N3O2. The molecule has 5 heteroatoms. The summed E-state index contributed by atoms with van der Waals surface area (Å²) in [5.41, 5.74) is 0.223. The van der Waals surface area contributed by atoms with E-state index in [2.05, 4.69) is 34.1 Å². The standard InChI is InChI=1S/C12H19N3O2/c1-4-9(5-2)8-13-11-7-6-10(14-15-11)12(16)17-3/h6-7,9H,4-5,8H2,1-3H3,(H,13,15). The molecule has 5 nitrogen and oxygen atoms in total. The van der Waals surface area contributed by atoms with Gasteiger partial charge < -0.3 is 10.1 Å². The molecule has 0 aliphatic heterocycles. The van der Waals surface area contributed by atoms with Crippen LogP contribution in [0.5, 0.6) is 0 Å². The zero-order valence-electron chi connectivity index (χ0n) is 10.6. The summed E-state index contributed by atoms with van der Waals surface area (Å²) in [4.78, 5) is 11.1. The molecule has 0 fully saturated rings. The summed E-state index contributed by atoms with van der Waals surface area (Å²) in [5.74, 6) is 0.852. The second-order valence-electron chi connectivity index (χ2n) is 3.86. The molecule has 1 aromatic heterocycles. The van der Waals surface area contributed by atoms with Gasteiger partial charge >= 0.3 is 5.97 Å². The average molecular weight is 237 g/mol. The number of ether oxygens (including phenoxy) is 1. The third-order valence-electron chi connectivity index (χ3n) is 2.79. The maximum absolute atomic E-state index is 11.1. The van der Waals surface area contributed by atoms with Crippen LogP contribution in [0.2, 0.25) is 0 Å². The van der Waals surface area contributed by atoms with Gasteiger partial charge in [-0.1, -0.05) is 26.7 Å². The summed E-state index contributed by atoms with van der Waals surface area (Å²) in [6.07, 6.45) is 2.27. The van der Waals surface area contributed by atoms with Crippen molar-refractivity contribution in [2.75, 3.05) is 19.0 Å². The van der Waals surface area contributed by atoms with Crippen molar-refractivity contribution in [1.29, 1.82) is 0 Å². The third-order valence-corrected chi connectivity index (χ3v) is 2.79. The minimum Gasteiger partial charge on any atom is -0.464 e. The molecule has 0 unspecified atom stereocenters. The first kappa shape index (κ1) is 13.4. The van der Waals surface area contributed by atoms with Crippen molar-refractivity contribution in [3.05, 3.63) is 17.8 Å². The fraction of sp³-hybridized carbons (Fsp3) is 0.583. The van der Waals surface area contributed by atoms with E-state index in [0.717, 1.165) is 19.4 Å². The highest BCUT2D eigenvalue weighted by molar-refractivity contribution is 5.86. The Morgan fingerprint density at radius 3 is 2.53 bits per heavy atom. The number of methoxy groups -OCH3 is 1. The normalized spacial score (nSPS) is 10.4. The summed E-state index contributed by atoms with van der Waals surface area (Å²) in [6, 6.07) is 3.34. The first-order chi connectivity index (χ1) is 8.21. The third kappa shape index (κ3) is 4.01. The molecule has 1 heterocycles. The number of hydrogen-bond donors (Lipinski definition) is 1. The van der Waals surface area contributed by atoms with Gasteiger partial charge in [-0.3, -0.25) is 0 Å². The molecule has 0 saturated heterocycles. The van der Waals surface area contributed by atoms with E-state index in [0.29, 0.717) is 11.7 Å². The lowest BCUT2D eigenvalue weighted by molar-refractivity contribution is 0.0593. The predicted molar refractivity (Wildman–Crippen MR) is 65.9 cm³/mol. The lowest BCUT2D eigenvalue weighted by Gasteiger charge is -2.13. The van der Waals surface area contributed by atoms with Crippen LogP contribution in [0.25, 0.3) is 0 Å². The fourth-order valence-corrected chi connectivity index (χ4v) is 1.47. The van der Waals surface area contributed by atoms with Crippen LogP contribution in [0.15, 0.2) is 12.1 Å². The fourth-order valence-electron chi connectivity index (χ4n) is 1.47. The Bertz CT molecular complexity index is 347. The highest BCUT2D eigenvalue weighted by atomic mass is 16.5. The van der Waals surface area contributed by atoms with Gasteiger partial charge in [-0.25, -0.2) is 4.79 Å². The number of nitrogens with one attached hydrogen (secondary N) is 1. The zero-order chi connectivity index (χ0) is 12.7. The first-order valence-corrected chi connectivity index (χ1v) is 5.87. The van der Waals surface area contributed by atoms with E-state index in [-0.39, 0.29) is 5.69 Å². The van der Waals surface area contributed by atoms with E-state index < -0.39 is 5.97 Å². The molecular weight excluding hydrogens is 218 g/mol. The highest BCUT2D eigenvalue weighted by Crippen LogP contribution is 2.09. The maximum atomic E-state index is 11.1. The maximum Gasteiger partial charge on any atom is 0.358 e. The molecule has 0 aliphatic rings. The van der Waals surface area contributed by atoms with Crippen molar-refractivity contribution in [3.8, 4) is 0 Å². The number of carbonyl (C=O) groups excluding carboxylic acids is 1. The van der Waals surface area contributed by atoms with Crippen LogP contribution in [-0.4, -0.2) is 29.8 Å². The summed E-state index contributed by atoms with van der Waals surface area (Å²) >= 11 is 0. The number of carbonyl (C=O) groups is 1. The lowest BCUT2D eigenvalue weighted by atomic mass is 10.0. The molecule has 1 N–H and O–H groups in total. The van der Waals surface area contributed by atoms with Crippen molar-refractivity contribution >= 4 is 11.8 Å². The summed E-state index contributed by atoms with van der Waals surface area (Å²) < 4.78 is 4.55. The van der Waals surface area contributed by atoms with E-state index in [1.165, 1.54) is 7.11 Å². The van der Waals surface area contributed by atoms with Gasteiger partial charge in [0.1, 0.15) is 5.82 Å². The summed E-state index contributed by atoms with van der Waals surface area (Å²) in [6.45, 7) is 5.21.